The zero-order chi connectivity index (χ0) is 11.7. The predicted molar refractivity (Wildman–Crippen MR) is 56.6 cm³/mol. The van der Waals surface area contributed by atoms with E-state index in [-0.39, 0.29) is 23.7 Å². The van der Waals surface area contributed by atoms with Crippen molar-refractivity contribution in [2.24, 2.45) is 11.7 Å². The molecule has 86 valence electrons. The van der Waals surface area contributed by atoms with Crippen LogP contribution in [0.3, 0.4) is 0 Å². The summed E-state index contributed by atoms with van der Waals surface area (Å²) < 4.78 is 0. The molecule has 1 saturated heterocycles. The molecular weight excluding hydrogens is 212 g/mol. The summed E-state index contributed by atoms with van der Waals surface area (Å²) in [5.41, 5.74) is 10.2. The van der Waals surface area contributed by atoms with Crippen LogP contribution in [-0.2, 0) is 4.79 Å². The van der Waals surface area contributed by atoms with E-state index >= 15 is 0 Å². The highest BCUT2D eigenvalue weighted by atomic mass is 16.2. The van der Waals surface area contributed by atoms with Crippen LogP contribution in [0.1, 0.15) is 6.42 Å². The molecule has 1 atom stereocenters. The SMILES string of the molecule is NCC1CC(=O)N(c2nc(N)[nH]c(=O)n2)C1. The molecule has 8 nitrogen and oxygen atoms in total. The number of nitrogens with one attached hydrogen (secondary N) is 1. The fourth-order valence-electron chi connectivity index (χ4n) is 1.64. The molecule has 0 spiro atoms. The molecule has 2 heterocycles. The molecule has 1 aromatic rings. The minimum atomic E-state index is -0.619. The summed E-state index contributed by atoms with van der Waals surface area (Å²) >= 11 is 0. The molecule has 8 heteroatoms. The number of nitrogens with two attached hydrogens (primary N) is 2. The average molecular weight is 224 g/mol. The summed E-state index contributed by atoms with van der Waals surface area (Å²) in [6.07, 6.45) is 0.354. The Bertz CT molecular complexity index is 470. The third-order valence-corrected chi connectivity index (χ3v) is 2.44. The standard InChI is InChI=1S/C8H12N6O2/c9-2-4-1-5(15)14(3-4)7-11-6(10)12-8(16)13-7/h4H,1-3,9H2,(H3,10,11,12,13,16). The van der Waals surface area contributed by atoms with Crippen LogP contribution in [0, 0.1) is 5.92 Å². The summed E-state index contributed by atoms with van der Waals surface area (Å²) in [5.74, 6) is -0.0711. The van der Waals surface area contributed by atoms with Crippen LogP contribution in [0.5, 0.6) is 0 Å². The predicted octanol–water partition coefficient (Wildman–Crippen LogP) is -1.94. The first-order valence-electron chi connectivity index (χ1n) is 4.84. The van der Waals surface area contributed by atoms with Gasteiger partial charge in [0.2, 0.25) is 17.8 Å². The summed E-state index contributed by atoms with van der Waals surface area (Å²) in [6, 6.07) is 0. The highest BCUT2D eigenvalue weighted by molar-refractivity contribution is 5.94. The lowest BCUT2D eigenvalue weighted by molar-refractivity contribution is -0.117. The number of H-pyrrole nitrogens is 1. The van der Waals surface area contributed by atoms with Gasteiger partial charge < -0.3 is 11.5 Å². The van der Waals surface area contributed by atoms with Crippen molar-refractivity contribution in [2.45, 2.75) is 6.42 Å². The molecule has 0 radical (unpaired) electrons. The van der Waals surface area contributed by atoms with E-state index in [0.717, 1.165) is 0 Å². The second-order valence-electron chi connectivity index (χ2n) is 3.65. The van der Waals surface area contributed by atoms with Crippen LogP contribution < -0.4 is 22.1 Å². The van der Waals surface area contributed by atoms with Gasteiger partial charge in [-0.1, -0.05) is 0 Å². The second-order valence-corrected chi connectivity index (χ2v) is 3.65. The van der Waals surface area contributed by atoms with Gasteiger partial charge in [0.05, 0.1) is 0 Å². The molecular formula is C8H12N6O2. The first-order valence-corrected chi connectivity index (χ1v) is 4.84. The fourth-order valence-corrected chi connectivity index (χ4v) is 1.64. The van der Waals surface area contributed by atoms with E-state index in [1.165, 1.54) is 4.90 Å². The normalized spacial score (nSPS) is 20.4. The number of hydrogen-bond donors (Lipinski definition) is 3. The number of carbonyl (C=O) groups excluding carboxylic acids is 1. The molecule has 0 aromatic carbocycles. The topological polar surface area (TPSA) is 131 Å². The molecule has 1 unspecified atom stereocenters. The minimum Gasteiger partial charge on any atom is -0.369 e. The van der Waals surface area contributed by atoms with Crippen molar-refractivity contribution in [3.05, 3.63) is 10.5 Å². The number of aromatic amines is 1. The van der Waals surface area contributed by atoms with E-state index in [4.69, 9.17) is 11.5 Å². The largest absolute Gasteiger partial charge is 0.369 e. The zero-order valence-corrected chi connectivity index (χ0v) is 8.51. The number of nitrogen functional groups attached to an aromatic ring is 1. The van der Waals surface area contributed by atoms with Gasteiger partial charge >= 0.3 is 5.69 Å². The summed E-state index contributed by atoms with van der Waals surface area (Å²) in [5, 5.41) is 0. The molecule has 1 aliphatic heterocycles. The first kappa shape index (κ1) is 10.6. The van der Waals surface area contributed by atoms with E-state index in [1.807, 2.05) is 0 Å². The average Bonchev–Trinajstić information content (AvgIpc) is 2.58. The van der Waals surface area contributed by atoms with E-state index in [1.54, 1.807) is 0 Å². The number of amides is 1. The van der Waals surface area contributed by atoms with Crippen molar-refractivity contribution in [3.8, 4) is 0 Å². The zero-order valence-electron chi connectivity index (χ0n) is 8.51. The lowest BCUT2D eigenvalue weighted by Gasteiger charge is -2.13. The van der Waals surface area contributed by atoms with Crippen molar-refractivity contribution in [1.82, 2.24) is 15.0 Å². The molecule has 5 N–H and O–H groups in total. The van der Waals surface area contributed by atoms with Crippen LogP contribution in [0.4, 0.5) is 11.9 Å². The number of rotatable bonds is 2. The third-order valence-electron chi connectivity index (χ3n) is 2.44. The van der Waals surface area contributed by atoms with Crippen molar-refractivity contribution < 1.29 is 4.79 Å². The summed E-state index contributed by atoms with van der Waals surface area (Å²) in [4.78, 5) is 33.6. The maximum Gasteiger partial charge on any atom is 0.351 e. The third kappa shape index (κ3) is 1.87. The van der Waals surface area contributed by atoms with Gasteiger partial charge in [-0.2, -0.15) is 9.97 Å². The Balaban J connectivity index is 2.31. The van der Waals surface area contributed by atoms with Gasteiger partial charge in [-0.3, -0.25) is 14.7 Å². The van der Waals surface area contributed by atoms with Crippen LogP contribution in [-0.4, -0.2) is 33.9 Å². The molecule has 1 aromatic heterocycles. The van der Waals surface area contributed by atoms with Gasteiger partial charge in [0, 0.05) is 13.0 Å². The molecule has 1 amide bonds. The van der Waals surface area contributed by atoms with Gasteiger partial charge in [-0.05, 0) is 12.5 Å². The molecule has 1 aliphatic rings. The van der Waals surface area contributed by atoms with Gasteiger partial charge in [0.25, 0.3) is 0 Å². The first-order chi connectivity index (χ1) is 7.60. The molecule has 0 saturated carbocycles. The smallest absolute Gasteiger partial charge is 0.351 e. The molecule has 0 bridgehead atoms. The highest BCUT2D eigenvalue weighted by Crippen LogP contribution is 2.20. The van der Waals surface area contributed by atoms with Crippen LogP contribution in [0.15, 0.2) is 4.79 Å². The highest BCUT2D eigenvalue weighted by Gasteiger charge is 2.31. The number of hydrogen-bond acceptors (Lipinski definition) is 6. The molecule has 2 rings (SSSR count). The summed E-state index contributed by atoms with van der Waals surface area (Å²) in [7, 11) is 0. The number of carbonyl (C=O) groups is 1. The second kappa shape index (κ2) is 3.89. The Morgan fingerprint density at radius 2 is 2.19 bits per heavy atom. The van der Waals surface area contributed by atoms with Crippen LogP contribution in [0.2, 0.25) is 0 Å². The molecule has 0 aliphatic carbocycles. The number of aromatic nitrogens is 3. The maximum atomic E-state index is 11.6. The Morgan fingerprint density at radius 1 is 1.44 bits per heavy atom. The lowest BCUT2D eigenvalue weighted by atomic mass is 10.1. The number of nitrogens with zero attached hydrogens (tertiary/aromatic N) is 3. The van der Waals surface area contributed by atoms with Crippen molar-refractivity contribution >= 4 is 17.8 Å². The summed E-state index contributed by atoms with van der Waals surface area (Å²) in [6.45, 7) is 0.846. The number of anilines is 2. The van der Waals surface area contributed by atoms with Crippen LogP contribution >= 0.6 is 0 Å². The van der Waals surface area contributed by atoms with Crippen molar-refractivity contribution in [3.63, 3.8) is 0 Å². The lowest BCUT2D eigenvalue weighted by Crippen LogP contribution is -2.30. The Morgan fingerprint density at radius 3 is 2.75 bits per heavy atom. The maximum absolute atomic E-state index is 11.6. The van der Waals surface area contributed by atoms with Gasteiger partial charge in [0.1, 0.15) is 0 Å². The Hall–Kier alpha value is -1.96. The van der Waals surface area contributed by atoms with E-state index in [0.29, 0.717) is 19.5 Å². The van der Waals surface area contributed by atoms with Crippen molar-refractivity contribution in [1.29, 1.82) is 0 Å². The Labute approximate surface area is 90.7 Å². The fraction of sp³-hybridized carbons (Fsp3) is 0.500. The van der Waals surface area contributed by atoms with E-state index in [9.17, 15) is 9.59 Å². The van der Waals surface area contributed by atoms with Crippen LogP contribution in [0.25, 0.3) is 0 Å². The van der Waals surface area contributed by atoms with Crippen molar-refractivity contribution in [2.75, 3.05) is 23.7 Å². The van der Waals surface area contributed by atoms with E-state index in [2.05, 4.69) is 15.0 Å². The van der Waals surface area contributed by atoms with Gasteiger partial charge in [-0.15, -0.1) is 0 Å². The van der Waals surface area contributed by atoms with Gasteiger partial charge in [0.15, 0.2) is 0 Å². The Kier molecular flexibility index (Phi) is 2.57. The molecule has 16 heavy (non-hydrogen) atoms. The van der Waals surface area contributed by atoms with Gasteiger partial charge in [-0.25, -0.2) is 4.79 Å². The molecule has 1 fully saturated rings. The monoisotopic (exact) mass is 224 g/mol. The quantitative estimate of drug-likeness (QED) is 0.535. The minimum absolute atomic E-state index is 0.0437. The van der Waals surface area contributed by atoms with E-state index < -0.39 is 5.69 Å².